The normalized spacial score (nSPS) is 17.5. The highest BCUT2D eigenvalue weighted by atomic mass is 16.5. The summed E-state index contributed by atoms with van der Waals surface area (Å²) in [5, 5.41) is 0. The average molecular weight is 233 g/mol. The van der Waals surface area contributed by atoms with E-state index in [0.29, 0.717) is 12.4 Å². The van der Waals surface area contributed by atoms with E-state index in [4.69, 9.17) is 4.74 Å². The first-order valence-electron chi connectivity index (χ1n) is 5.81. The Kier molecular flexibility index (Phi) is 5.40. The van der Waals surface area contributed by atoms with Crippen LogP contribution in [0.1, 0.15) is 33.6 Å². The van der Waals surface area contributed by atoms with Crippen LogP contribution < -0.4 is 0 Å². The summed E-state index contributed by atoms with van der Waals surface area (Å²) in [6, 6.07) is 0. The van der Waals surface area contributed by atoms with E-state index >= 15 is 0 Å². The SMILES string of the molecule is CC(C)=CCC/C(C)=C\CN=C1C=CC(=O)O1. The molecule has 1 rings (SSSR count). The summed E-state index contributed by atoms with van der Waals surface area (Å²) in [5.41, 5.74) is 2.65. The van der Waals surface area contributed by atoms with Crippen molar-refractivity contribution in [2.45, 2.75) is 33.6 Å². The zero-order chi connectivity index (χ0) is 12.7. The standard InChI is InChI=1S/C14H19NO2/c1-11(2)5-4-6-12(3)9-10-15-13-7-8-14(16)17-13/h5,7-9H,4,6,10H2,1-3H3/b12-9-,15-13?. The smallest absolute Gasteiger partial charge is 0.337 e. The van der Waals surface area contributed by atoms with Crippen molar-refractivity contribution in [2.24, 2.45) is 4.99 Å². The number of hydrogen-bond acceptors (Lipinski definition) is 3. The Morgan fingerprint density at radius 2 is 2.06 bits per heavy atom. The largest absolute Gasteiger partial charge is 0.405 e. The lowest BCUT2D eigenvalue weighted by atomic mass is 10.1. The number of carbonyl (C=O) groups is 1. The van der Waals surface area contributed by atoms with Gasteiger partial charge in [0.2, 0.25) is 5.90 Å². The van der Waals surface area contributed by atoms with Crippen LogP contribution in [0.2, 0.25) is 0 Å². The molecule has 0 saturated heterocycles. The molecule has 92 valence electrons. The first-order chi connectivity index (χ1) is 8.08. The van der Waals surface area contributed by atoms with Gasteiger partial charge in [-0.1, -0.05) is 23.3 Å². The summed E-state index contributed by atoms with van der Waals surface area (Å²) >= 11 is 0. The Balaban J connectivity index is 2.31. The maximum Gasteiger partial charge on any atom is 0.337 e. The van der Waals surface area contributed by atoms with Crippen LogP contribution in [0.3, 0.4) is 0 Å². The van der Waals surface area contributed by atoms with Crippen molar-refractivity contribution >= 4 is 11.9 Å². The molecule has 1 heterocycles. The summed E-state index contributed by atoms with van der Waals surface area (Å²) in [4.78, 5) is 14.9. The molecule has 0 aromatic heterocycles. The number of allylic oxidation sites excluding steroid dienone is 3. The number of nitrogens with zero attached hydrogens (tertiary/aromatic N) is 1. The highest BCUT2D eigenvalue weighted by molar-refractivity contribution is 6.07. The molecule has 3 nitrogen and oxygen atoms in total. The van der Waals surface area contributed by atoms with E-state index in [9.17, 15) is 4.79 Å². The third kappa shape index (κ3) is 5.85. The molecule has 0 radical (unpaired) electrons. The minimum atomic E-state index is -0.340. The molecule has 0 N–H and O–H groups in total. The number of cyclic esters (lactones) is 1. The minimum absolute atomic E-state index is 0.340. The summed E-state index contributed by atoms with van der Waals surface area (Å²) in [6.45, 7) is 6.86. The van der Waals surface area contributed by atoms with E-state index in [0.717, 1.165) is 12.8 Å². The fraction of sp³-hybridized carbons (Fsp3) is 0.429. The van der Waals surface area contributed by atoms with Gasteiger partial charge in [0.05, 0.1) is 6.54 Å². The molecule has 0 saturated carbocycles. The average Bonchev–Trinajstić information content (AvgIpc) is 2.63. The number of rotatable bonds is 5. The van der Waals surface area contributed by atoms with Gasteiger partial charge < -0.3 is 4.74 Å². The molecular formula is C14H19NO2. The Morgan fingerprint density at radius 3 is 2.65 bits per heavy atom. The Morgan fingerprint density at radius 1 is 1.29 bits per heavy atom. The summed E-state index contributed by atoms with van der Waals surface area (Å²) in [7, 11) is 0. The second-order valence-corrected chi connectivity index (χ2v) is 4.30. The maximum atomic E-state index is 10.7. The van der Waals surface area contributed by atoms with E-state index in [-0.39, 0.29) is 5.97 Å². The monoisotopic (exact) mass is 233 g/mol. The molecule has 17 heavy (non-hydrogen) atoms. The van der Waals surface area contributed by atoms with Gasteiger partial charge in [-0.2, -0.15) is 0 Å². The van der Waals surface area contributed by atoms with Crippen LogP contribution in [-0.2, 0) is 9.53 Å². The van der Waals surface area contributed by atoms with Gasteiger partial charge in [-0.15, -0.1) is 0 Å². The molecule has 0 bridgehead atoms. The van der Waals surface area contributed by atoms with Crippen LogP contribution in [0.25, 0.3) is 0 Å². The highest BCUT2D eigenvalue weighted by Crippen LogP contribution is 2.06. The summed E-state index contributed by atoms with van der Waals surface area (Å²) in [5.74, 6) is 0.0661. The van der Waals surface area contributed by atoms with Crippen LogP contribution >= 0.6 is 0 Å². The van der Waals surface area contributed by atoms with Gasteiger partial charge in [-0.25, -0.2) is 9.79 Å². The van der Waals surface area contributed by atoms with Crippen molar-refractivity contribution < 1.29 is 9.53 Å². The number of aliphatic imine (C=N–C) groups is 1. The minimum Gasteiger partial charge on any atom is -0.405 e. The van der Waals surface area contributed by atoms with Crippen LogP contribution in [0, 0.1) is 0 Å². The molecule has 3 heteroatoms. The second kappa shape index (κ2) is 6.84. The number of hydrogen-bond donors (Lipinski definition) is 0. The molecule has 0 atom stereocenters. The molecule has 1 aliphatic rings. The Hall–Kier alpha value is -1.64. The lowest BCUT2D eigenvalue weighted by Crippen LogP contribution is -1.99. The third-order valence-corrected chi connectivity index (χ3v) is 2.35. The fourth-order valence-electron chi connectivity index (χ4n) is 1.38. The molecule has 1 aliphatic heterocycles. The third-order valence-electron chi connectivity index (χ3n) is 2.35. The Labute approximate surface area is 103 Å². The molecule has 0 aliphatic carbocycles. The van der Waals surface area contributed by atoms with E-state index < -0.39 is 0 Å². The van der Waals surface area contributed by atoms with Crippen LogP contribution in [0.5, 0.6) is 0 Å². The van der Waals surface area contributed by atoms with Crippen molar-refractivity contribution in [1.82, 2.24) is 0 Å². The highest BCUT2D eigenvalue weighted by Gasteiger charge is 2.09. The van der Waals surface area contributed by atoms with Crippen molar-refractivity contribution in [1.29, 1.82) is 0 Å². The van der Waals surface area contributed by atoms with Gasteiger partial charge in [-0.05, 0) is 33.6 Å². The molecule has 0 amide bonds. The topological polar surface area (TPSA) is 38.7 Å². The van der Waals surface area contributed by atoms with Crippen LogP contribution in [0.15, 0.2) is 40.4 Å². The van der Waals surface area contributed by atoms with Gasteiger partial charge >= 0.3 is 5.97 Å². The Bertz CT molecular complexity index is 396. The fourth-order valence-corrected chi connectivity index (χ4v) is 1.38. The summed E-state index contributed by atoms with van der Waals surface area (Å²) in [6.07, 6.45) is 9.37. The molecule has 0 aromatic carbocycles. The van der Waals surface area contributed by atoms with Crippen LogP contribution in [-0.4, -0.2) is 18.4 Å². The molecule has 0 unspecified atom stereocenters. The lowest BCUT2D eigenvalue weighted by molar-refractivity contribution is -0.129. The molecule has 0 fully saturated rings. The summed E-state index contributed by atoms with van der Waals surface area (Å²) < 4.78 is 4.82. The predicted molar refractivity (Wildman–Crippen MR) is 70.0 cm³/mol. The van der Waals surface area contributed by atoms with Crippen molar-refractivity contribution in [3.63, 3.8) is 0 Å². The quantitative estimate of drug-likeness (QED) is 0.540. The first-order valence-corrected chi connectivity index (χ1v) is 5.81. The van der Waals surface area contributed by atoms with Gasteiger partial charge in [0.1, 0.15) is 0 Å². The molecule has 0 aromatic rings. The van der Waals surface area contributed by atoms with E-state index in [2.05, 4.69) is 37.9 Å². The number of carbonyl (C=O) groups excluding carboxylic acids is 1. The van der Waals surface area contributed by atoms with E-state index in [1.807, 2.05) is 0 Å². The van der Waals surface area contributed by atoms with Crippen molar-refractivity contribution in [3.8, 4) is 0 Å². The maximum absolute atomic E-state index is 10.7. The second-order valence-electron chi connectivity index (χ2n) is 4.30. The van der Waals surface area contributed by atoms with Gasteiger partial charge in [0, 0.05) is 12.2 Å². The molecule has 0 spiro atoms. The lowest BCUT2D eigenvalue weighted by Gasteiger charge is -1.98. The number of ether oxygens (including phenoxy) is 1. The zero-order valence-corrected chi connectivity index (χ0v) is 10.7. The van der Waals surface area contributed by atoms with Gasteiger partial charge in [0.15, 0.2) is 0 Å². The van der Waals surface area contributed by atoms with Crippen molar-refractivity contribution in [3.05, 3.63) is 35.5 Å². The van der Waals surface area contributed by atoms with Crippen LogP contribution in [0.4, 0.5) is 0 Å². The zero-order valence-electron chi connectivity index (χ0n) is 10.7. The number of esters is 1. The van der Waals surface area contributed by atoms with E-state index in [1.54, 1.807) is 6.08 Å². The molecular weight excluding hydrogens is 214 g/mol. The van der Waals surface area contributed by atoms with E-state index in [1.165, 1.54) is 17.2 Å². The van der Waals surface area contributed by atoms with Gasteiger partial charge in [-0.3, -0.25) is 0 Å². The predicted octanol–water partition coefficient (Wildman–Crippen LogP) is 3.19. The van der Waals surface area contributed by atoms with Crippen molar-refractivity contribution in [2.75, 3.05) is 6.54 Å². The first kappa shape index (κ1) is 13.4. The van der Waals surface area contributed by atoms with Gasteiger partial charge in [0.25, 0.3) is 0 Å².